The van der Waals surface area contributed by atoms with E-state index in [0.717, 1.165) is 0 Å². The number of ketones is 1. The van der Waals surface area contributed by atoms with Gasteiger partial charge in [0.15, 0.2) is 28.6 Å². The summed E-state index contributed by atoms with van der Waals surface area (Å²) in [6, 6.07) is 5.94. The minimum atomic E-state index is -5.01. The molecular formula is C23H23N2O10P. The summed E-state index contributed by atoms with van der Waals surface area (Å²) in [5.41, 5.74) is 0.647. The quantitative estimate of drug-likeness (QED) is 0.247. The number of ether oxygens (including phenoxy) is 4. The number of fused-ring (bicyclic) bond motifs is 1. The van der Waals surface area contributed by atoms with Crippen LogP contribution < -0.4 is 23.5 Å². The highest BCUT2D eigenvalue weighted by atomic mass is 31.2. The van der Waals surface area contributed by atoms with Gasteiger partial charge in [0.2, 0.25) is 11.5 Å². The van der Waals surface area contributed by atoms with E-state index in [4.69, 9.17) is 27.9 Å². The van der Waals surface area contributed by atoms with Crippen LogP contribution in [0.25, 0.3) is 22.3 Å². The Kier molecular flexibility index (Phi) is 6.68. The van der Waals surface area contributed by atoms with Gasteiger partial charge in [0.1, 0.15) is 5.76 Å². The summed E-state index contributed by atoms with van der Waals surface area (Å²) in [6.07, 6.45) is 3.12. The fraction of sp³-hybridized carbons (Fsp3) is 0.217. The summed E-state index contributed by atoms with van der Waals surface area (Å²) in [7, 11) is 2.30. The largest absolute Gasteiger partial charge is 0.525 e. The molecule has 12 nitrogen and oxygen atoms in total. The van der Waals surface area contributed by atoms with Crippen molar-refractivity contribution in [1.29, 1.82) is 0 Å². The van der Waals surface area contributed by atoms with Crippen LogP contribution in [0.3, 0.4) is 0 Å². The van der Waals surface area contributed by atoms with Gasteiger partial charge in [-0.2, -0.15) is 5.10 Å². The summed E-state index contributed by atoms with van der Waals surface area (Å²) in [6.45, 7) is 0. The summed E-state index contributed by atoms with van der Waals surface area (Å²) >= 11 is 0. The van der Waals surface area contributed by atoms with Crippen molar-refractivity contribution >= 4 is 24.6 Å². The number of nitrogens with zero attached hydrogens (tertiary/aromatic N) is 2. The molecule has 0 aliphatic rings. The van der Waals surface area contributed by atoms with Crippen molar-refractivity contribution in [2.45, 2.75) is 0 Å². The zero-order chi connectivity index (χ0) is 26.2. The predicted molar refractivity (Wildman–Crippen MR) is 127 cm³/mol. The Labute approximate surface area is 205 Å². The Morgan fingerprint density at radius 3 is 2.11 bits per heavy atom. The fourth-order valence-corrected chi connectivity index (χ4v) is 4.22. The maximum absolute atomic E-state index is 13.9. The maximum atomic E-state index is 13.9. The number of carbonyl (C=O) groups excluding carboxylic acids is 1. The van der Waals surface area contributed by atoms with Gasteiger partial charge in [-0.15, -0.1) is 0 Å². The van der Waals surface area contributed by atoms with E-state index >= 15 is 0 Å². The van der Waals surface area contributed by atoms with Crippen LogP contribution in [0.15, 0.2) is 41.1 Å². The first-order chi connectivity index (χ1) is 17.1. The molecule has 4 aromatic rings. The molecule has 0 bridgehead atoms. The van der Waals surface area contributed by atoms with Crippen LogP contribution in [0, 0.1) is 0 Å². The van der Waals surface area contributed by atoms with Gasteiger partial charge in [0.25, 0.3) is 0 Å². The molecule has 0 fully saturated rings. The highest BCUT2D eigenvalue weighted by molar-refractivity contribution is 7.46. The van der Waals surface area contributed by atoms with Crippen molar-refractivity contribution in [3.8, 4) is 40.1 Å². The molecule has 190 valence electrons. The van der Waals surface area contributed by atoms with Crippen LogP contribution in [0.1, 0.15) is 15.9 Å². The number of benzene rings is 2. The standard InChI is InChI=1S/C23H23N2O10P/c1-25-11-13(10-24-25)20-18(19(26)12-8-16(31-3)22(33-5)17(9-12)32-4)14-6-7-15(30-2)23(21(14)34-20)35-36(27,28)29/h6-11H,1-5H3,(H2,27,28,29). The summed E-state index contributed by atoms with van der Waals surface area (Å²) < 4.78 is 45.4. The number of hydrogen-bond donors (Lipinski definition) is 2. The molecule has 0 saturated carbocycles. The van der Waals surface area contributed by atoms with E-state index in [1.165, 1.54) is 63.6 Å². The van der Waals surface area contributed by atoms with Crippen LogP contribution in [0.4, 0.5) is 0 Å². The van der Waals surface area contributed by atoms with Gasteiger partial charge in [0, 0.05) is 24.2 Å². The van der Waals surface area contributed by atoms with Crippen LogP contribution >= 0.6 is 7.82 Å². The Morgan fingerprint density at radius 1 is 0.972 bits per heavy atom. The summed E-state index contributed by atoms with van der Waals surface area (Å²) in [5, 5.41) is 4.37. The van der Waals surface area contributed by atoms with E-state index < -0.39 is 13.6 Å². The molecule has 13 heteroatoms. The van der Waals surface area contributed by atoms with Crippen molar-refractivity contribution < 1.29 is 47.0 Å². The lowest BCUT2D eigenvalue weighted by Crippen LogP contribution is -2.05. The molecule has 0 unspecified atom stereocenters. The summed E-state index contributed by atoms with van der Waals surface area (Å²) in [5.74, 6) is 0.121. The van der Waals surface area contributed by atoms with E-state index in [0.29, 0.717) is 11.3 Å². The van der Waals surface area contributed by atoms with Gasteiger partial charge in [-0.05, 0) is 24.3 Å². The first kappa shape index (κ1) is 25.1. The second kappa shape index (κ2) is 9.57. The average molecular weight is 518 g/mol. The summed E-state index contributed by atoms with van der Waals surface area (Å²) in [4.78, 5) is 32.9. The average Bonchev–Trinajstić information content (AvgIpc) is 3.45. The molecule has 4 rings (SSSR count). The van der Waals surface area contributed by atoms with E-state index in [2.05, 4.69) is 5.10 Å². The third kappa shape index (κ3) is 4.49. The van der Waals surface area contributed by atoms with Crippen molar-refractivity contribution in [2.75, 3.05) is 28.4 Å². The molecule has 0 radical (unpaired) electrons. The molecule has 2 N–H and O–H groups in total. The first-order valence-electron chi connectivity index (χ1n) is 10.3. The van der Waals surface area contributed by atoms with Crippen molar-refractivity contribution in [1.82, 2.24) is 9.78 Å². The highest BCUT2D eigenvalue weighted by Gasteiger charge is 2.31. The number of carbonyl (C=O) groups is 1. The van der Waals surface area contributed by atoms with Crippen molar-refractivity contribution in [3.63, 3.8) is 0 Å². The second-order valence-electron chi connectivity index (χ2n) is 7.51. The minimum Gasteiger partial charge on any atom is -0.493 e. The Bertz CT molecular complexity index is 1480. The van der Waals surface area contributed by atoms with Gasteiger partial charge in [-0.3, -0.25) is 19.3 Å². The van der Waals surface area contributed by atoms with Gasteiger partial charge >= 0.3 is 7.82 Å². The Morgan fingerprint density at radius 2 is 1.61 bits per heavy atom. The third-order valence-electron chi connectivity index (χ3n) is 5.33. The van der Waals surface area contributed by atoms with Crippen LogP contribution in [-0.2, 0) is 11.6 Å². The van der Waals surface area contributed by atoms with Gasteiger partial charge in [0.05, 0.1) is 45.8 Å². The normalized spacial score (nSPS) is 11.4. The number of aromatic nitrogens is 2. The molecule has 0 atom stereocenters. The lowest BCUT2D eigenvalue weighted by Gasteiger charge is -2.14. The maximum Gasteiger partial charge on any atom is 0.525 e. The topological polar surface area (TPSA) is 152 Å². The second-order valence-corrected chi connectivity index (χ2v) is 8.67. The van der Waals surface area contributed by atoms with Gasteiger partial charge in [-0.25, -0.2) is 4.57 Å². The number of aryl methyl sites for hydroxylation is 1. The number of methoxy groups -OCH3 is 4. The molecular weight excluding hydrogens is 495 g/mol. The van der Waals surface area contributed by atoms with Crippen LogP contribution in [-0.4, -0.2) is 53.8 Å². The van der Waals surface area contributed by atoms with Crippen LogP contribution in [0.5, 0.6) is 28.7 Å². The van der Waals surface area contributed by atoms with Crippen LogP contribution in [0.2, 0.25) is 0 Å². The molecule has 36 heavy (non-hydrogen) atoms. The molecule has 0 aliphatic heterocycles. The fourth-order valence-electron chi connectivity index (χ4n) is 3.81. The number of phosphoric ester groups is 1. The molecule has 2 aromatic carbocycles. The number of furan rings is 1. The van der Waals surface area contributed by atoms with Gasteiger partial charge in [-0.1, -0.05) is 0 Å². The van der Waals surface area contributed by atoms with Crippen molar-refractivity contribution in [3.05, 3.63) is 47.8 Å². The first-order valence-corrected chi connectivity index (χ1v) is 11.9. The van der Waals surface area contributed by atoms with Gasteiger partial charge < -0.3 is 27.9 Å². The van der Waals surface area contributed by atoms with E-state index in [1.54, 1.807) is 13.2 Å². The zero-order valence-electron chi connectivity index (χ0n) is 20.0. The third-order valence-corrected chi connectivity index (χ3v) is 5.75. The number of hydrogen-bond acceptors (Lipinski definition) is 9. The number of phosphoric acid groups is 1. The Hall–Kier alpha value is -3.99. The van der Waals surface area contributed by atoms with E-state index in [9.17, 15) is 19.1 Å². The highest BCUT2D eigenvalue weighted by Crippen LogP contribution is 2.49. The Balaban J connectivity index is 2.03. The molecule has 0 spiro atoms. The molecule has 2 heterocycles. The van der Waals surface area contributed by atoms with E-state index in [-0.39, 0.29) is 50.9 Å². The van der Waals surface area contributed by atoms with Crippen molar-refractivity contribution in [2.24, 2.45) is 7.05 Å². The molecule has 0 aliphatic carbocycles. The minimum absolute atomic E-state index is 0.00379. The lowest BCUT2D eigenvalue weighted by atomic mass is 9.97. The van der Waals surface area contributed by atoms with E-state index in [1.807, 2.05) is 0 Å². The smallest absolute Gasteiger partial charge is 0.493 e. The molecule has 0 amide bonds. The lowest BCUT2D eigenvalue weighted by molar-refractivity contribution is 0.103. The SMILES string of the molecule is COc1cc(C(=O)c2c(-c3cnn(C)c3)oc3c(OP(=O)(O)O)c(OC)ccc23)cc(OC)c1OC. The predicted octanol–water partition coefficient (Wildman–Crippen LogP) is 3.57. The monoisotopic (exact) mass is 518 g/mol. The zero-order valence-corrected chi connectivity index (χ0v) is 20.9. The molecule has 0 saturated heterocycles. The number of rotatable bonds is 9. The molecule has 2 aromatic heterocycles.